The Kier molecular flexibility index (Phi) is 9.06. The van der Waals surface area contributed by atoms with Gasteiger partial charge in [-0.25, -0.2) is 9.97 Å². The molecular formula is C14H20N2S. The smallest absolute Gasteiger partial charge is 0.159 e. The van der Waals surface area contributed by atoms with Crippen LogP contribution >= 0.6 is 12.6 Å². The zero-order valence-electron chi connectivity index (χ0n) is 10.9. The summed E-state index contributed by atoms with van der Waals surface area (Å²) in [5.74, 6) is 0.780. The Morgan fingerprint density at radius 2 is 1.35 bits per heavy atom. The van der Waals surface area contributed by atoms with Crippen LogP contribution in [-0.2, 0) is 0 Å². The zero-order valence-corrected chi connectivity index (χ0v) is 11.8. The van der Waals surface area contributed by atoms with E-state index in [0.717, 1.165) is 11.4 Å². The molecule has 2 rings (SSSR count). The van der Waals surface area contributed by atoms with Crippen LogP contribution in [-0.4, -0.2) is 16.2 Å². The van der Waals surface area contributed by atoms with Gasteiger partial charge in [-0.1, -0.05) is 43.7 Å². The van der Waals surface area contributed by atoms with Gasteiger partial charge in [0.15, 0.2) is 5.82 Å². The minimum absolute atomic E-state index is 0.780. The standard InChI is InChI=1S/C11H10N2.C2H6.CH4S/c1-9-3-5-10(6-4-9)11-12-7-2-8-13-11;2*1-2/h2-8H,1H3;1-2H3;2H,1H3. The molecule has 0 N–H and O–H groups in total. The largest absolute Gasteiger partial charge is 0.237 e. The molecule has 0 unspecified atom stereocenters. The fourth-order valence-corrected chi connectivity index (χ4v) is 1.15. The monoisotopic (exact) mass is 248 g/mol. The average Bonchev–Trinajstić information content (AvgIpc) is 2.45. The lowest BCUT2D eigenvalue weighted by molar-refractivity contribution is 1.17. The molecule has 0 saturated heterocycles. The molecule has 0 fully saturated rings. The van der Waals surface area contributed by atoms with E-state index in [4.69, 9.17) is 0 Å². The molecule has 17 heavy (non-hydrogen) atoms. The van der Waals surface area contributed by atoms with Crippen molar-refractivity contribution in [3.05, 3.63) is 48.3 Å². The zero-order chi connectivity index (χ0) is 13.1. The molecule has 0 atom stereocenters. The van der Waals surface area contributed by atoms with Crippen LogP contribution in [0.15, 0.2) is 42.7 Å². The van der Waals surface area contributed by atoms with Crippen molar-refractivity contribution in [1.82, 2.24) is 9.97 Å². The molecule has 0 radical (unpaired) electrons. The highest BCUT2D eigenvalue weighted by Gasteiger charge is 1.97. The molecular weight excluding hydrogens is 228 g/mol. The van der Waals surface area contributed by atoms with Crippen molar-refractivity contribution < 1.29 is 0 Å². The quantitative estimate of drug-likeness (QED) is 0.771. The van der Waals surface area contributed by atoms with Gasteiger partial charge in [0.1, 0.15) is 0 Å². The first-order chi connectivity index (χ1) is 8.36. The van der Waals surface area contributed by atoms with Crippen molar-refractivity contribution in [2.24, 2.45) is 0 Å². The Morgan fingerprint density at radius 3 is 1.82 bits per heavy atom. The van der Waals surface area contributed by atoms with E-state index in [1.54, 1.807) is 18.6 Å². The van der Waals surface area contributed by atoms with Gasteiger partial charge < -0.3 is 0 Å². The summed E-state index contributed by atoms with van der Waals surface area (Å²) in [5, 5.41) is 0. The van der Waals surface area contributed by atoms with E-state index in [0.29, 0.717) is 0 Å². The highest BCUT2D eigenvalue weighted by molar-refractivity contribution is 7.79. The van der Waals surface area contributed by atoms with Gasteiger partial charge in [0.25, 0.3) is 0 Å². The van der Waals surface area contributed by atoms with Crippen LogP contribution in [0.3, 0.4) is 0 Å². The number of hydrogen-bond donors (Lipinski definition) is 1. The first kappa shape index (κ1) is 15.7. The third-order valence-electron chi connectivity index (χ3n) is 1.88. The molecule has 3 heteroatoms. The maximum Gasteiger partial charge on any atom is 0.159 e. The van der Waals surface area contributed by atoms with Gasteiger partial charge in [0, 0.05) is 18.0 Å². The number of thiol groups is 1. The van der Waals surface area contributed by atoms with Gasteiger partial charge in [-0.3, -0.25) is 0 Å². The van der Waals surface area contributed by atoms with Crippen LogP contribution in [0.2, 0.25) is 0 Å². The summed E-state index contributed by atoms with van der Waals surface area (Å²) in [4.78, 5) is 8.34. The number of benzene rings is 1. The molecule has 2 aromatic rings. The van der Waals surface area contributed by atoms with Gasteiger partial charge in [-0.15, -0.1) is 0 Å². The van der Waals surface area contributed by atoms with Crippen LogP contribution < -0.4 is 0 Å². The van der Waals surface area contributed by atoms with Crippen molar-refractivity contribution in [3.8, 4) is 11.4 Å². The minimum Gasteiger partial charge on any atom is -0.237 e. The number of rotatable bonds is 1. The molecule has 1 aromatic heterocycles. The third kappa shape index (κ3) is 5.50. The SMILES string of the molecule is CC.CS.Cc1ccc(-c2ncccn2)cc1. The number of aryl methyl sites for hydroxylation is 1. The van der Waals surface area contributed by atoms with Crippen molar-refractivity contribution in [1.29, 1.82) is 0 Å². The molecule has 0 bridgehead atoms. The second kappa shape index (κ2) is 9.85. The predicted octanol–water partition coefficient (Wildman–Crippen LogP) is 4.02. The second-order valence-electron chi connectivity index (χ2n) is 2.94. The highest BCUT2D eigenvalue weighted by Crippen LogP contribution is 2.13. The van der Waals surface area contributed by atoms with Crippen molar-refractivity contribution >= 4 is 12.6 Å². The summed E-state index contributed by atoms with van der Waals surface area (Å²) in [6.07, 6.45) is 5.20. The van der Waals surface area contributed by atoms with Gasteiger partial charge in [-0.05, 0) is 19.2 Å². The Hall–Kier alpha value is -1.35. The van der Waals surface area contributed by atoms with Gasteiger partial charge in [-0.2, -0.15) is 12.6 Å². The second-order valence-corrected chi connectivity index (χ2v) is 2.94. The lowest BCUT2D eigenvalue weighted by Crippen LogP contribution is -1.85. The van der Waals surface area contributed by atoms with Gasteiger partial charge >= 0.3 is 0 Å². The van der Waals surface area contributed by atoms with E-state index >= 15 is 0 Å². The Morgan fingerprint density at radius 1 is 0.882 bits per heavy atom. The number of hydrogen-bond acceptors (Lipinski definition) is 3. The lowest BCUT2D eigenvalue weighted by atomic mass is 10.1. The van der Waals surface area contributed by atoms with Crippen LogP contribution in [0.1, 0.15) is 19.4 Å². The van der Waals surface area contributed by atoms with Crippen molar-refractivity contribution in [2.75, 3.05) is 6.26 Å². The fraction of sp³-hybridized carbons (Fsp3) is 0.286. The first-order valence-corrected chi connectivity index (χ1v) is 6.54. The van der Waals surface area contributed by atoms with E-state index in [2.05, 4.69) is 41.7 Å². The number of nitrogens with zero attached hydrogens (tertiary/aromatic N) is 2. The summed E-state index contributed by atoms with van der Waals surface area (Å²) in [6.45, 7) is 6.07. The molecule has 0 aliphatic carbocycles. The summed E-state index contributed by atoms with van der Waals surface area (Å²) in [7, 11) is 0. The summed E-state index contributed by atoms with van der Waals surface area (Å²) < 4.78 is 0. The van der Waals surface area contributed by atoms with E-state index in [9.17, 15) is 0 Å². The van der Waals surface area contributed by atoms with Crippen LogP contribution in [0, 0.1) is 6.92 Å². The molecule has 1 aromatic carbocycles. The van der Waals surface area contributed by atoms with Crippen LogP contribution in [0.5, 0.6) is 0 Å². The first-order valence-electron chi connectivity index (χ1n) is 5.65. The van der Waals surface area contributed by atoms with Crippen molar-refractivity contribution in [2.45, 2.75) is 20.8 Å². The lowest BCUT2D eigenvalue weighted by Gasteiger charge is -1.98. The highest BCUT2D eigenvalue weighted by atomic mass is 32.1. The van der Waals surface area contributed by atoms with E-state index in [1.165, 1.54) is 5.56 Å². The van der Waals surface area contributed by atoms with E-state index in [-0.39, 0.29) is 0 Å². The Bertz CT molecular complexity index is 385. The summed E-state index contributed by atoms with van der Waals surface area (Å²) in [6, 6.07) is 10.0. The average molecular weight is 248 g/mol. The van der Waals surface area contributed by atoms with Gasteiger partial charge in [0.2, 0.25) is 0 Å². The fourth-order valence-electron chi connectivity index (χ4n) is 1.15. The molecule has 92 valence electrons. The number of aromatic nitrogens is 2. The van der Waals surface area contributed by atoms with Crippen LogP contribution in [0.4, 0.5) is 0 Å². The van der Waals surface area contributed by atoms with E-state index in [1.807, 2.05) is 32.0 Å². The Balaban J connectivity index is 0.000000581. The summed E-state index contributed by atoms with van der Waals surface area (Å²) in [5.41, 5.74) is 2.31. The normalized spacial score (nSPS) is 8.29. The molecule has 0 spiro atoms. The minimum atomic E-state index is 0.780. The molecule has 2 nitrogen and oxygen atoms in total. The van der Waals surface area contributed by atoms with E-state index < -0.39 is 0 Å². The molecule has 0 saturated carbocycles. The maximum atomic E-state index is 4.17. The maximum absolute atomic E-state index is 4.17. The Labute approximate surface area is 110 Å². The van der Waals surface area contributed by atoms with Gasteiger partial charge in [0.05, 0.1) is 0 Å². The molecule has 0 aliphatic heterocycles. The topological polar surface area (TPSA) is 25.8 Å². The molecule has 0 amide bonds. The predicted molar refractivity (Wildman–Crippen MR) is 78.5 cm³/mol. The summed E-state index contributed by atoms with van der Waals surface area (Å²) >= 11 is 3.53. The van der Waals surface area contributed by atoms with Crippen LogP contribution in [0.25, 0.3) is 11.4 Å². The van der Waals surface area contributed by atoms with Crippen molar-refractivity contribution in [3.63, 3.8) is 0 Å². The third-order valence-corrected chi connectivity index (χ3v) is 1.88. The molecule has 1 heterocycles. The molecule has 0 aliphatic rings.